The Morgan fingerprint density at radius 3 is 2.30 bits per heavy atom. The van der Waals surface area contributed by atoms with Gasteiger partial charge in [-0.15, -0.1) is 0 Å². The zero-order chi connectivity index (χ0) is 14.8. The molecule has 1 aromatic rings. The molecule has 1 aromatic carbocycles. The Morgan fingerprint density at radius 1 is 1.25 bits per heavy atom. The molecule has 1 aliphatic rings. The van der Waals surface area contributed by atoms with E-state index in [9.17, 15) is 18.3 Å². The van der Waals surface area contributed by atoms with Gasteiger partial charge >= 0.3 is 5.97 Å². The molecule has 0 aliphatic carbocycles. The maximum atomic E-state index is 12.3. The number of ether oxygens (including phenoxy) is 1. The fraction of sp³-hybridized carbons (Fsp3) is 0.462. The summed E-state index contributed by atoms with van der Waals surface area (Å²) in [7, 11) is -3.87. The van der Waals surface area contributed by atoms with Crippen molar-refractivity contribution < 1.29 is 23.1 Å². The number of sulfonamides is 1. The average molecular weight is 299 g/mol. The van der Waals surface area contributed by atoms with Gasteiger partial charge in [-0.3, -0.25) is 4.79 Å². The summed E-state index contributed by atoms with van der Waals surface area (Å²) in [4.78, 5) is 11.5. The Morgan fingerprint density at radius 2 is 1.80 bits per heavy atom. The molecule has 0 aromatic heterocycles. The molecule has 6 nitrogen and oxygen atoms in total. The fourth-order valence-electron chi connectivity index (χ4n) is 2.11. The van der Waals surface area contributed by atoms with Crippen molar-refractivity contribution >= 4 is 16.0 Å². The molecule has 110 valence electrons. The van der Waals surface area contributed by atoms with Crippen molar-refractivity contribution in [3.63, 3.8) is 0 Å². The van der Waals surface area contributed by atoms with E-state index in [1.54, 1.807) is 12.1 Å². The Labute approximate surface area is 117 Å². The van der Waals surface area contributed by atoms with E-state index in [4.69, 9.17) is 4.74 Å². The Kier molecular flexibility index (Phi) is 4.12. The first-order valence-electron chi connectivity index (χ1n) is 6.28. The minimum absolute atomic E-state index is 0.0650. The first kappa shape index (κ1) is 15.0. The SMILES string of the molecule is Cc1ccc(S(=O)(=O)NC2(C(=O)O)CCOCC2)cc1. The highest BCUT2D eigenvalue weighted by molar-refractivity contribution is 7.89. The molecule has 7 heteroatoms. The lowest BCUT2D eigenvalue weighted by atomic mass is 9.92. The van der Waals surface area contributed by atoms with Gasteiger partial charge in [0, 0.05) is 26.1 Å². The second-order valence-corrected chi connectivity index (χ2v) is 6.60. The van der Waals surface area contributed by atoms with Crippen molar-refractivity contribution in [3.05, 3.63) is 29.8 Å². The van der Waals surface area contributed by atoms with Crippen LogP contribution in [0.25, 0.3) is 0 Å². The molecule has 1 saturated heterocycles. The molecule has 20 heavy (non-hydrogen) atoms. The lowest BCUT2D eigenvalue weighted by molar-refractivity contribution is -0.147. The summed E-state index contributed by atoms with van der Waals surface area (Å²) in [6.45, 7) is 2.30. The predicted octanol–water partition coefficient (Wildman–Crippen LogP) is 0.907. The molecule has 0 saturated carbocycles. The van der Waals surface area contributed by atoms with Crippen molar-refractivity contribution in [2.75, 3.05) is 13.2 Å². The number of hydrogen-bond donors (Lipinski definition) is 2. The van der Waals surface area contributed by atoms with Crippen LogP contribution in [-0.4, -0.2) is 38.2 Å². The lowest BCUT2D eigenvalue weighted by Crippen LogP contribution is -2.57. The van der Waals surface area contributed by atoms with Gasteiger partial charge in [0.1, 0.15) is 5.54 Å². The van der Waals surface area contributed by atoms with Crippen molar-refractivity contribution in [1.82, 2.24) is 4.72 Å². The molecular weight excluding hydrogens is 282 g/mol. The number of benzene rings is 1. The number of rotatable bonds is 4. The van der Waals surface area contributed by atoms with E-state index in [0.29, 0.717) is 0 Å². The maximum absolute atomic E-state index is 12.3. The molecule has 0 amide bonds. The van der Waals surface area contributed by atoms with E-state index in [2.05, 4.69) is 4.72 Å². The van der Waals surface area contributed by atoms with Crippen molar-refractivity contribution in [3.8, 4) is 0 Å². The summed E-state index contributed by atoms with van der Waals surface area (Å²) >= 11 is 0. The molecule has 0 unspecified atom stereocenters. The minimum atomic E-state index is -3.87. The standard InChI is InChI=1S/C13H17NO5S/c1-10-2-4-11(5-3-10)20(17,18)14-13(12(15)16)6-8-19-9-7-13/h2-5,14H,6-9H2,1H3,(H,15,16). The lowest BCUT2D eigenvalue weighted by Gasteiger charge is -2.33. The molecule has 2 rings (SSSR count). The summed E-state index contributed by atoms with van der Waals surface area (Å²) in [6.07, 6.45) is 0.237. The normalized spacial score (nSPS) is 18.6. The number of hydrogen-bond acceptors (Lipinski definition) is 4. The quantitative estimate of drug-likeness (QED) is 0.862. The van der Waals surface area contributed by atoms with Crippen LogP contribution in [0.2, 0.25) is 0 Å². The topological polar surface area (TPSA) is 92.7 Å². The smallest absolute Gasteiger partial charge is 0.325 e. The van der Waals surface area contributed by atoms with Gasteiger partial charge in [0.25, 0.3) is 0 Å². The van der Waals surface area contributed by atoms with Crippen LogP contribution < -0.4 is 4.72 Å². The number of aryl methyl sites for hydroxylation is 1. The summed E-state index contributed by atoms with van der Waals surface area (Å²) < 4.78 is 32.1. The first-order valence-corrected chi connectivity index (χ1v) is 7.76. The van der Waals surface area contributed by atoms with E-state index >= 15 is 0 Å². The molecule has 0 bridgehead atoms. The predicted molar refractivity (Wildman–Crippen MR) is 71.9 cm³/mol. The van der Waals surface area contributed by atoms with Crippen LogP contribution in [-0.2, 0) is 19.6 Å². The molecule has 1 fully saturated rings. The zero-order valence-electron chi connectivity index (χ0n) is 11.1. The van der Waals surface area contributed by atoms with E-state index in [0.717, 1.165) is 5.56 Å². The highest BCUT2D eigenvalue weighted by Crippen LogP contribution is 2.24. The van der Waals surface area contributed by atoms with Gasteiger partial charge in [0.05, 0.1) is 4.90 Å². The van der Waals surface area contributed by atoms with Crippen LogP contribution in [0.4, 0.5) is 0 Å². The molecule has 2 N–H and O–H groups in total. The van der Waals surface area contributed by atoms with Gasteiger partial charge in [-0.25, -0.2) is 8.42 Å². The number of carboxylic acids is 1. The highest BCUT2D eigenvalue weighted by atomic mass is 32.2. The summed E-state index contributed by atoms with van der Waals surface area (Å²) in [5.74, 6) is -1.17. The van der Waals surface area contributed by atoms with E-state index in [1.165, 1.54) is 12.1 Å². The number of carbonyl (C=O) groups is 1. The second kappa shape index (κ2) is 5.51. The number of nitrogens with one attached hydrogen (secondary N) is 1. The maximum Gasteiger partial charge on any atom is 0.325 e. The van der Waals surface area contributed by atoms with Gasteiger partial charge in [-0.05, 0) is 19.1 Å². The summed E-state index contributed by atoms with van der Waals surface area (Å²) in [6, 6.07) is 6.27. The van der Waals surface area contributed by atoms with Gasteiger partial charge < -0.3 is 9.84 Å². The van der Waals surface area contributed by atoms with Gasteiger partial charge in [0.15, 0.2) is 0 Å². The number of aliphatic carboxylic acids is 1. The fourth-order valence-corrected chi connectivity index (χ4v) is 3.53. The van der Waals surface area contributed by atoms with Crippen molar-refractivity contribution in [2.45, 2.75) is 30.2 Å². The van der Waals surface area contributed by atoms with Crippen LogP contribution >= 0.6 is 0 Å². The Hall–Kier alpha value is -1.44. The summed E-state index contributed by atoms with van der Waals surface area (Å²) in [5.41, 5.74) is -0.551. The second-order valence-electron chi connectivity index (χ2n) is 4.92. The average Bonchev–Trinajstić information content (AvgIpc) is 2.39. The highest BCUT2D eigenvalue weighted by Gasteiger charge is 2.43. The Bertz CT molecular complexity index is 588. The van der Waals surface area contributed by atoms with E-state index < -0.39 is 21.5 Å². The molecule has 0 atom stereocenters. The largest absolute Gasteiger partial charge is 0.480 e. The van der Waals surface area contributed by atoms with Gasteiger partial charge in [-0.2, -0.15) is 4.72 Å². The number of carboxylic acid groups (broad SMARTS) is 1. The molecule has 0 spiro atoms. The van der Waals surface area contributed by atoms with Crippen LogP contribution in [0.1, 0.15) is 18.4 Å². The Balaban J connectivity index is 2.30. The van der Waals surface area contributed by atoms with Gasteiger partial charge in [-0.1, -0.05) is 17.7 Å². The van der Waals surface area contributed by atoms with Crippen molar-refractivity contribution in [2.24, 2.45) is 0 Å². The monoisotopic (exact) mass is 299 g/mol. The molecule has 1 heterocycles. The third-order valence-electron chi connectivity index (χ3n) is 3.42. The minimum Gasteiger partial charge on any atom is -0.480 e. The molecule has 0 radical (unpaired) electrons. The third-order valence-corrected chi connectivity index (χ3v) is 4.97. The van der Waals surface area contributed by atoms with E-state index in [1.807, 2.05) is 6.92 Å². The van der Waals surface area contributed by atoms with Crippen LogP contribution in [0.5, 0.6) is 0 Å². The summed E-state index contributed by atoms with van der Waals surface area (Å²) in [5, 5.41) is 9.36. The zero-order valence-corrected chi connectivity index (χ0v) is 11.9. The van der Waals surface area contributed by atoms with Crippen LogP contribution in [0.15, 0.2) is 29.2 Å². The first-order chi connectivity index (χ1) is 9.36. The third kappa shape index (κ3) is 3.00. The molecule has 1 aliphatic heterocycles. The van der Waals surface area contributed by atoms with Gasteiger partial charge in [0.2, 0.25) is 10.0 Å². The molecular formula is C13H17NO5S. The van der Waals surface area contributed by atoms with Crippen molar-refractivity contribution in [1.29, 1.82) is 0 Å². The van der Waals surface area contributed by atoms with Crippen LogP contribution in [0, 0.1) is 6.92 Å². The van der Waals surface area contributed by atoms with Crippen LogP contribution in [0.3, 0.4) is 0 Å². The van der Waals surface area contributed by atoms with E-state index in [-0.39, 0.29) is 31.0 Å².